The van der Waals surface area contributed by atoms with Gasteiger partial charge in [-0.3, -0.25) is 9.59 Å². The third kappa shape index (κ3) is 2.04. The molecule has 0 aliphatic rings. The number of nitrogens with zero attached hydrogens (tertiary/aromatic N) is 2. The summed E-state index contributed by atoms with van der Waals surface area (Å²) in [7, 11) is 0. The van der Waals surface area contributed by atoms with Crippen molar-refractivity contribution >= 4 is 17.3 Å². The second-order valence-corrected chi connectivity index (χ2v) is 3.80. The van der Waals surface area contributed by atoms with Crippen LogP contribution in [0.2, 0.25) is 0 Å². The number of aromatic nitrogens is 2. The molecule has 0 bridgehead atoms. The SMILES string of the molecule is CC(=O)Oc1ccc2c(C(C)=O)c(C)nn2c1. The number of fused-ring (bicyclic) bond motifs is 1. The first-order valence-electron chi connectivity index (χ1n) is 5.17. The van der Waals surface area contributed by atoms with Crippen LogP contribution in [0.25, 0.3) is 5.52 Å². The van der Waals surface area contributed by atoms with E-state index >= 15 is 0 Å². The topological polar surface area (TPSA) is 60.7 Å². The minimum atomic E-state index is -0.389. The molecular formula is C12H12N2O3. The molecule has 0 amide bonds. The number of Topliss-reactive ketones (excluding diaryl/α,β-unsaturated/α-hetero) is 1. The van der Waals surface area contributed by atoms with Gasteiger partial charge in [0.25, 0.3) is 0 Å². The lowest BCUT2D eigenvalue weighted by molar-refractivity contribution is -0.131. The highest BCUT2D eigenvalue weighted by atomic mass is 16.5. The highest BCUT2D eigenvalue weighted by Gasteiger charge is 2.13. The Kier molecular flexibility index (Phi) is 2.67. The fourth-order valence-electron chi connectivity index (χ4n) is 1.81. The van der Waals surface area contributed by atoms with Crippen LogP contribution in [0.3, 0.4) is 0 Å². The van der Waals surface area contributed by atoms with E-state index in [9.17, 15) is 9.59 Å². The Hall–Kier alpha value is -2.17. The van der Waals surface area contributed by atoms with E-state index in [-0.39, 0.29) is 11.8 Å². The molecule has 0 aliphatic carbocycles. The van der Waals surface area contributed by atoms with Crippen molar-refractivity contribution in [3.8, 4) is 5.75 Å². The fourth-order valence-corrected chi connectivity index (χ4v) is 1.81. The Labute approximate surface area is 98.0 Å². The molecule has 5 heteroatoms. The first-order valence-corrected chi connectivity index (χ1v) is 5.17. The summed E-state index contributed by atoms with van der Waals surface area (Å²) in [6.07, 6.45) is 1.58. The Bertz CT molecular complexity index is 613. The van der Waals surface area contributed by atoms with E-state index in [1.807, 2.05) is 0 Å². The maximum absolute atomic E-state index is 11.5. The fraction of sp³-hybridized carbons (Fsp3) is 0.250. The van der Waals surface area contributed by atoms with Gasteiger partial charge < -0.3 is 4.74 Å². The molecule has 0 atom stereocenters. The molecule has 17 heavy (non-hydrogen) atoms. The van der Waals surface area contributed by atoms with Gasteiger partial charge in [-0.2, -0.15) is 5.10 Å². The van der Waals surface area contributed by atoms with Crippen molar-refractivity contribution in [3.05, 3.63) is 29.6 Å². The van der Waals surface area contributed by atoms with E-state index in [1.54, 1.807) is 29.8 Å². The van der Waals surface area contributed by atoms with E-state index < -0.39 is 0 Å². The number of hydrogen-bond acceptors (Lipinski definition) is 4. The lowest BCUT2D eigenvalue weighted by Gasteiger charge is -2.01. The van der Waals surface area contributed by atoms with Gasteiger partial charge in [-0.1, -0.05) is 0 Å². The van der Waals surface area contributed by atoms with Crippen molar-refractivity contribution in [2.45, 2.75) is 20.8 Å². The normalized spacial score (nSPS) is 10.5. The van der Waals surface area contributed by atoms with Crippen LogP contribution in [0, 0.1) is 6.92 Å². The summed E-state index contributed by atoms with van der Waals surface area (Å²) in [6.45, 7) is 4.61. The van der Waals surface area contributed by atoms with Crippen LogP contribution >= 0.6 is 0 Å². The molecule has 2 aromatic heterocycles. The number of ketones is 1. The number of ether oxygens (including phenoxy) is 1. The van der Waals surface area contributed by atoms with Crippen LogP contribution in [-0.2, 0) is 4.79 Å². The molecule has 2 heterocycles. The van der Waals surface area contributed by atoms with Crippen molar-refractivity contribution in [2.75, 3.05) is 0 Å². The minimum Gasteiger partial charge on any atom is -0.425 e. The van der Waals surface area contributed by atoms with E-state index in [2.05, 4.69) is 5.10 Å². The Morgan fingerprint density at radius 3 is 2.59 bits per heavy atom. The van der Waals surface area contributed by atoms with Crippen LogP contribution in [0.5, 0.6) is 5.75 Å². The molecule has 0 saturated heterocycles. The van der Waals surface area contributed by atoms with Gasteiger partial charge >= 0.3 is 5.97 Å². The minimum absolute atomic E-state index is 0.0299. The van der Waals surface area contributed by atoms with Gasteiger partial charge in [-0.25, -0.2) is 4.52 Å². The van der Waals surface area contributed by atoms with Crippen molar-refractivity contribution < 1.29 is 14.3 Å². The molecule has 0 spiro atoms. The molecule has 2 rings (SSSR count). The van der Waals surface area contributed by atoms with Gasteiger partial charge in [0.1, 0.15) is 5.75 Å². The van der Waals surface area contributed by atoms with Gasteiger partial charge in [-0.15, -0.1) is 0 Å². The average molecular weight is 232 g/mol. The Balaban J connectivity index is 2.57. The van der Waals surface area contributed by atoms with Crippen LogP contribution in [0.4, 0.5) is 0 Å². The maximum atomic E-state index is 11.5. The van der Waals surface area contributed by atoms with E-state index in [4.69, 9.17) is 4.74 Å². The van der Waals surface area contributed by atoms with Crippen LogP contribution in [-0.4, -0.2) is 21.4 Å². The number of carbonyl (C=O) groups is 2. The summed E-state index contributed by atoms with van der Waals surface area (Å²) in [6, 6.07) is 3.36. The monoisotopic (exact) mass is 232 g/mol. The van der Waals surface area contributed by atoms with Crippen molar-refractivity contribution in [2.24, 2.45) is 0 Å². The smallest absolute Gasteiger partial charge is 0.308 e. The van der Waals surface area contributed by atoms with Gasteiger partial charge in [0.15, 0.2) is 5.78 Å². The third-order valence-electron chi connectivity index (χ3n) is 2.39. The number of aryl methyl sites for hydroxylation is 1. The zero-order valence-corrected chi connectivity index (χ0v) is 9.85. The van der Waals surface area contributed by atoms with E-state index in [0.717, 1.165) is 0 Å². The Morgan fingerprint density at radius 1 is 1.29 bits per heavy atom. The quantitative estimate of drug-likeness (QED) is 0.584. The number of carbonyl (C=O) groups excluding carboxylic acids is 2. The third-order valence-corrected chi connectivity index (χ3v) is 2.39. The molecule has 0 aromatic carbocycles. The van der Waals surface area contributed by atoms with Crippen molar-refractivity contribution in [3.63, 3.8) is 0 Å². The Morgan fingerprint density at radius 2 is 2.00 bits per heavy atom. The first-order chi connectivity index (χ1) is 7.99. The van der Waals surface area contributed by atoms with E-state index in [0.29, 0.717) is 22.5 Å². The van der Waals surface area contributed by atoms with Gasteiger partial charge in [0.05, 0.1) is 23.0 Å². The van der Waals surface area contributed by atoms with Crippen molar-refractivity contribution in [1.29, 1.82) is 0 Å². The average Bonchev–Trinajstić information content (AvgIpc) is 2.51. The predicted octanol–water partition coefficient (Wildman–Crippen LogP) is 1.77. The second-order valence-electron chi connectivity index (χ2n) is 3.80. The number of rotatable bonds is 2. The summed E-state index contributed by atoms with van der Waals surface area (Å²) in [5.74, 6) is -0.0136. The molecular weight excluding hydrogens is 220 g/mol. The molecule has 0 unspecified atom stereocenters. The summed E-state index contributed by atoms with van der Waals surface area (Å²) in [5.41, 5.74) is 1.97. The van der Waals surface area contributed by atoms with Crippen LogP contribution in [0.1, 0.15) is 29.9 Å². The summed E-state index contributed by atoms with van der Waals surface area (Å²) in [5, 5.41) is 4.21. The zero-order chi connectivity index (χ0) is 12.6. The zero-order valence-electron chi connectivity index (χ0n) is 9.85. The lowest BCUT2D eigenvalue weighted by Crippen LogP contribution is -2.02. The molecule has 2 aromatic rings. The summed E-state index contributed by atoms with van der Waals surface area (Å²) < 4.78 is 6.49. The van der Waals surface area contributed by atoms with Gasteiger partial charge in [0, 0.05) is 6.92 Å². The van der Waals surface area contributed by atoms with Gasteiger partial charge in [0.2, 0.25) is 0 Å². The molecule has 0 radical (unpaired) electrons. The maximum Gasteiger partial charge on any atom is 0.308 e. The molecule has 0 N–H and O–H groups in total. The van der Waals surface area contributed by atoms with Crippen LogP contribution < -0.4 is 4.74 Å². The molecule has 5 nitrogen and oxygen atoms in total. The van der Waals surface area contributed by atoms with Crippen LogP contribution in [0.15, 0.2) is 18.3 Å². The molecule has 88 valence electrons. The summed E-state index contributed by atoms with van der Waals surface area (Å²) >= 11 is 0. The first kappa shape index (κ1) is 11.3. The highest BCUT2D eigenvalue weighted by molar-refractivity contribution is 6.01. The standard InChI is InChI=1S/C12H12N2O3/c1-7-12(8(2)15)11-5-4-10(17-9(3)16)6-14(11)13-7/h4-6H,1-3H3. The number of hydrogen-bond donors (Lipinski definition) is 0. The highest BCUT2D eigenvalue weighted by Crippen LogP contribution is 2.19. The molecule has 0 saturated carbocycles. The molecule has 0 aliphatic heterocycles. The summed E-state index contributed by atoms with van der Waals surface area (Å²) in [4.78, 5) is 22.3. The second kappa shape index (κ2) is 4.01. The van der Waals surface area contributed by atoms with Crippen molar-refractivity contribution in [1.82, 2.24) is 9.61 Å². The van der Waals surface area contributed by atoms with Gasteiger partial charge in [-0.05, 0) is 26.0 Å². The van der Waals surface area contributed by atoms with E-state index in [1.165, 1.54) is 13.8 Å². The largest absolute Gasteiger partial charge is 0.425 e. The lowest BCUT2D eigenvalue weighted by atomic mass is 10.1. The predicted molar refractivity (Wildman–Crippen MR) is 61.2 cm³/mol. The number of pyridine rings is 1. The number of esters is 1. The molecule has 0 fully saturated rings.